The van der Waals surface area contributed by atoms with Gasteiger partial charge in [-0.2, -0.15) is 0 Å². The van der Waals surface area contributed by atoms with Gasteiger partial charge in [0.25, 0.3) is 0 Å². The summed E-state index contributed by atoms with van der Waals surface area (Å²) < 4.78 is 9.65. The zero-order valence-corrected chi connectivity index (χ0v) is 11.3. The van der Waals surface area contributed by atoms with Gasteiger partial charge < -0.3 is 9.47 Å². The lowest BCUT2D eigenvalue weighted by Crippen LogP contribution is -2.44. The molecule has 0 saturated heterocycles. The Morgan fingerprint density at radius 3 is 2.53 bits per heavy atom. The minimum atomic E-state index is -0.414. The molecular formula is C14H17NO4. The molecule has 0 radical (unpaired) electrons. The Kier molecular flexibility index (Phi) is 3.74. The summed E-state index contributed by atoms with van der Waals surface area (Å²) in [7, 11) is 2.73. The van der Waals surface area contributed by atoms with Crippen LogP contribution in [-0.4, -0.2) is 32.3 Å². The van der Waals surface area contributed by atoms with Crippen LogP contribution in [0.5, 0.6) is 0 Å². The molecule has 1 aromatic carbocycles. The average molecular weight is 263 g/mol. The van der Waals surface area contributed by atoms with Gasteiger partial charge in [-0.05, 0) is 25.0 Å². The van der Waals surface area contributed by atoms with Crippen LogP contribution in [0.25, 0.3) is 0 Å². The number of hydrogen-bond donors (Lipinski definition) is 0. The molecule has 0 aliphatic carbocycles. The van der Waals surface area contributed by atoms with Crippen LogP contribution in [0.15, 0.2) is 24.3 Å². The maximum absolute atomic E-state index is 11.9. The zero-order valence-electron chi connectivity index (χ0n) is 11.3. The molecule has 0 aromatic heterocycles. The smallest absolute Gasteiger partial charge is 0.414 e. The SMILES string of the molecule is COC(=O)C1CC(C)N(C(=O)OC)c2ccccc21. The number of carbonyl (C=O) groups excluding carboxylic acids is 2. The van der Waals surface area contributed by atoms with Crippen molar-refractivity contribution in [2.45, 2.75) is 25.3 Å². The van der Waals surface area contributed by atoms with Crippen molar-refractivity contribution < 1.29 is 19.1 Å². The normalized spacial score (nSPS) is 21.5. The predicted molar refractivity (Wildman–Crippen MR) is 70.2 cm³/mol. The molecule has 1 aliphatic rings. The molecule has 0 fully saturated rings. The van der Waals surface area contributed by atoms with E-state index < -0.39 is 6.09 Å². The van der Waals surface area contributed by atoms with Gasteiger partial charge in [-0.3, -0.25) is 9.69 Å². The number of benzene rings is 1. The van der Waals surface area contributed by atoms with E-state index in [2.05, 4.69) is 0 Å². The van der Waals surface area contributed by atoms with Gasteiger partial charge in [0.2, 0.25) is 0 Å². The summed E-state index contributed by atoms with van der Waals surface area (Å²) in [4.78, 5) is 25.3. The highest BCUT2D eigenvalue weighted by molar-refractivity contribution is 5.93. The lowest BCUT2D eigenvalue weighted by Gasteiger charge is -2.37. The summed E-state index contributed by atoms with van der Waals surface area (Å²) in [5.74, 6) is -0.610. The van der Waals surface area contributed by atoms with Gasteiger partial charge >= 0.3 is 12.1 Å². The second kappa shape index (κ2) is 5.30. The molecule has 2 atom stereocenters. The molecule has 102 valence electrons. The van der Waals surface area contributed by atoms with Crippen LogP contribution in [0.3, 0.4) is 0 Å². The molecule has 2 rings (SSSR count). The molecule has 2 unspecified atom stereocenters. The van der Waals surface area contributed by atoms with Crippen LogP contribution in [0.2, 0.25) is 0 Å². The Morgan fingerprint density at radius 2 is 1.89 bits per heavy atom. The third kappa shape index (κ3) is 2.28. The van der Waals surface area contributed by atoms with Crippen molar-refractivity contribution in [1.82, 2.24) is 0 Å². The van der Waals surface area contributed by atoms with E-state index in [1.807, 2.05) is 31.2 Å². The molecular weight excluding hydrogens is 246 g/mol. The molecule has 5 heteroatoms. The van der Waals surface area contributed by atoms with Crippen LogP contribution in [0.1, 0.15) is 24.8 Å². The van der Waals surface area contributed by atoms with Gasteiger partial charge in [0.1, 0.15) is 0 Å². The van der Waals surface area contributed by atoms with Crippen LogP contribution < -0.4 is 4.90 Å². The summed E-state index contributed by atoms with van der Waals surface area (Å²) in [5.41, 5.74) is 1.52. The van der Waals surface area contributed by atoms with Crippen LogP contribution >= 0.6 is 0 Å². The van der Waals surface area contributed by atoms with E-state index >= 15 is 0 Å². The Labute approximate surface area is 112 Å². The number of carbonyl (C=O) groups is 2. The van der Waals surface area contributed by atoms with E-state index in [-0.39, 0.29) is 17.9 Å². The number of amides is 1. The first-order valence-corrected chi connectivity index (χ1v) is 6.14. The number of fused-ring (bicyclic) bond motifs is 1. The van der Waals surface area contributed by atoms with E-state index in [4.69, 9.17) is 9.47 Å². The Morgan fingerprint density at radius 1 is 1.21 bits per heavy atom. The molecule has 0 spiro atoms. The molecule has 1 aromatic rings. The third-order valence-corrected chi connectivity index (χ3v) is 3.45. The molecule has 1 heterocycles. The fourth-order valence-electron chi connectivity index (χ4n) is 2.55. The summed E-state index contributed by atoms with van der Waals surface area (Å²) in [6.07, 6.45) is 0.113. The van der Waals surface area contributed by atoms with Crippen molar-refractivity contribution in [2.24, 2.45) is 0 Å². The topological polar surface area (TPSA) is 55.8 Å². The van der Waals surface area contributed by atoms with Crippen molar-refractivity contribution >= 4 is 17.7 Å². The minimum Gasteiger partial charge on any atom is -0.469 e. The summed E-state index contributed by atoms with van der Waals surface area (Å²) >= 11 is 0. The number of hydrogen-bond acceptors (Lipinski definition) is 4. The van der Waals surface area contributed by atoms with E-state index in [9.17, 15) is 9.59 Å². The number of esters is 1. The van der Waals surface area contributed by atoms with Gasteiger partial charge in [0, 0.05) is 6.04 Å². The van der Waals surface area contributed by atoms with Crippen LogP contribution in [0.4, 0.5) is 10.5 Å². The van der Waals surface area contributed by atoms with Crippen molar-refractivity contribution in [3.8, 4) is 0 Å². The lowest BCUT2D eigenvalue weighted by molar-refractivity contribution is -0.142. The molecule has 0 N–H and O–H groups in total. The van der Waals surface area contributed by atoms with Crippen molar-refractivity contribution in [2.75, 3.05) is 19.1 Å². The van der Waals surface area contributed by atoms with Gasteiger partial charge in [-0.1, -0.05) is 18.2 Å². The standard InChI is InChI=1S/C14H17NO4/c1-9-8-11(13(16)18-2)10-6-4-5-7-12(10)15(9)14(17)19-3/h4-7,9,11H,8H2,1-3H3. The summed E-state index contributed by atoms with van der Waals surface area (Å²) in [6.45, 7) is 1.89. The lowest BCUT2D eigenvalue weighted by atomic mass is 9.86. The van der Waals surface area contributed by atoms with E-state index in [0.717, 1.165) is 5.56 Å². The average Bonchev–Trinajstić information content (AvgIpc) is 2.44. The third-order valence-electron chi connectivity index (χ3n) is 3.45. The first-order chi connectivity index (χ1) is 9.10. The van der Waals surface area contributed by atoms with Gasteiger partial charge in [-0.15, -0.1) is 0 Å². The molecule has 0 bridgehead atoms. The summed E-state index contributed by atoms with van der Waals surface area (Å²) in [5, 5.41) is 0. The fourth-order valence-corrected chi connectivity index (χ4v) is 2.55. The molecule has 5 nitrogen and oxygen atoms in total. The first-order valence-electron chi connectivity index (χ1n) is 6.14. The molecule has 0 saturated carbocycles. The first kappa shape index (κ1) is 13.4. The number of para-hydroxylation sites is 1. The van der Waals surface area contributed by atoms with Crippen LogP contribution in [-0.2, 0) is 14.3 Å². The summed E-state index contributed by atoms with van der Waals surface area (Å²) in [6, 6.07) is 7.23. The highest BCUT2D eigenvalue weighted by Crippen LogP contribution is 2.39. The number of nitrogens with zero attached hydrogens (tertiary/aromatic N) is 1. The quantitative estimate of drug-likeness (QED) is 0.729. The Hall–Kier alpha value is -2.04. The maximum atomic E-state index is 11.9. The molecule has 1 aliphatic heterocycles. The number of rotatable bonds is 1. The minimum absolute atomic E-state index is 0.119. The number of anilines is 1. The molecule has 19 heavy (non-hydrogen) atoms. The van der Waals surface area contributed by atoms with Crippen molar-refractivity contribution in [3.63, 3.8) is 0 Å². The number of methoxy groups -OCH3 is 2. The van der Waals surface area contributed by atoms with E-state index in [0.29, 0.717) is 12.1 Å². The van der Waals surface area contributed by atoms with Crippen LogP contribution in [0, 0.1) is 0 Å². The highest BCUT2D eigenvalue weighted by atomic mass is 16.5. The van der Waals surface area contributed by atoms with E-state index in [1.54, 1.807) is 4.90 Å². The number of ether oxygens (including phenoxy) is 2. The Balaban J connectivity index is 2.48. The monoisotopic (exact) mass is 263 g/mol. The fraction of sp³-hybridized carbons (Fsp3) is 0.429. The second-order valence-corrected chi connectivity index (χ2v) is 4.56. The Bertz CT molecular complexity index is 500. The van der Waals surface area contributed by atoms with Crippen molar-refractivity contribution in [3.05, 3.63) is 29.8 Å². The zero-order chi connectivity index (χ0) is 14.0. The molecule has 1 amide bonds. The largest absolute Gasteiger partial charge is 0.469 e. The van der Waals surface area contributed by atoms with Crippen molar-refractivity contribution in [1.29, 1.82) is 0 Å². The van der Waals surface area contributed by atoms with Gasteiger partial charge in [-0.25, -0.2) is 4.79 Å². The van der Waals surface area contributed by atoms with Gasteiger partial charge in [0.15, 0.2) is 0 Å². The second-order valence-electron chi connectivity index (χ2n) is 4.56. The highest BCUT2D eigenvalue weighted by Gasteiger charge is 2.37. The predicted octanol–water partition coefficient (Wildman–Crippen LogP) is 2.31. The van der Waals surface area contributed by atoms with Gasteiger partial charge in [0.05, 0.1) is 25.8 Å². The van der Waals surface area contributed by atoms with E-state index in [1.165, 1.54) is 14.2 Å². The maximum Gasteiger partial charge on any atom is 0.414 e.